The molecule has 1 heterocycles. The molecule has 1 fully saturated rings. The number of alkyl halides is 1. The van der Waals surface area contributed by atoms with E-state index in [2.05, 4.69) is 112 Å². The summed E-state index contributed by atoms with van der Waals surface area (Å²) in [6.07, 6.45) is 2.88. The molecule has 1 aromatic carbocycles. The van der Waals surface area contributed by atoms with Crippen LogP contribution in [0.3, 0.4) is 0 Å². The zero-order valence-corrected chi connectivity index (χ0v) is 52.8. The number of ether oxygens (including phenoxy) is 2. The quantitative estimate of drug-likeness (QED) is 0.0162. The van der Waals surface area contributed by atoms with Crippen molar-refractivity contribution in [3.05, 3.63) is 35.3 Å². The zero-order chi connectivity index (χ0) is 58.6. The molecule has 0 spiro atoms. The van der Waals surface area contributed by atoms with Crippen LogP contribution in [0.2, 0.25) is 0 Å². The summed E-state index contributed by atoms with van der Waals surface area (Å²) >= 11 is 2.96. The van der Waals surface area contributed by atoms with Crippen LogP contribution in [0.4, 0.5) is 5.69 Å². The summed E-state index contributed by atoms with van der Waals surface area (Å²) < 4.78 is 11.7. The third-order valence-corrected chi connectivity index (χ3v) is 13.4. The van der Waals surface area contributed by atoms with E-state index in [0.717, 1.165) is 17.9 Å². The summed E-state index contributed by atoms with van der Waals surface area (Å²) in [6.45, 7) is 15.2. The van der Waals surface area contributed by atoms with Gasteiger partial charge in [0, 0.05) is 73.2 Å². The molecule has 446 valence electrons. The van der Waals surface area contributed by atoms with Gasteiger partial charge in [0.25, 0.3) is 0 Å². The molecule has 78 heavy (non-hydrogen) atoms. The van der Waals surface area contributed by atoms with Crippen molar-refractivity contribution in [2.75, 3.05) is 98.6 Å². The number of methoxy groups -OCH3 is 2. The van der Waals surface area contributed by atoms with Crippen molar-refractivity contribution >= 4 is 75.3 Å². The number of likely N-dealkylation sites (N-methyl/N-ethyl adjacent to an activating group) is 1. The minimum Gasteiger partial charge on any atom is -0.525 e. The van der Waals surface area contributed by atoms with Crippen LogP contribution in [0.15, 0.2) is 24.3 Å². The van der Waals surface area contributed by atoms with Gasteiger partial charge in [0.15, 0.2) is 0 Å². The van der Waals surface area contributed by atoms with E-state index in [4.69, 9.17) is 20.0 Å². The molecule has 0 saturated carbocycles. The second kappa shape index (κ2) is 43.2. The van der Waals surface area contributed by atoms with Gasteiger partial charge in [0.1, 0.15) is 6.73 Å². The predicted molar refractivity (Wildman–Crippen MR) is 299 cm³/mol. The first-order valence-corrected chi connectivity index (χ1v) is 27.4. The average molecular weight is 1340 g/mol. The fraction of sp³-hybridized carbons (Fsp3) is 0.712. The van der Waals surface area contributed by atoms with Gasteiger partial charge in [-0.1, -0.05) is 89.4 Å². The van der Waals surface area contributed by atoms with Crippen LogP contribution in [-0.4, -0.2) is 198 Å². The number of anilines is 1. The van der Waals surface area contributed by atoms with Crippen molar-refractivity contribution in [2.24, 2.45) is 23.5 Å². The van der Waals surface area contributed by atoms with Gasteiger partial charge in [-0.25, -0.2) is 0 Å². The van der Waals surface area contributed by atoms with Gasteiger partial charge in [0.2, 0.25) is 53.7 Å². The minimum absolute atomic E-state index is 0. The Hall–Kier alpha value is -4.62. The van der Waals surface area contributed by atoms with E-state index in [0.29, 0.717) is 43.9 Å². The number of hydroxylamine groups is 1. The average Bonchev–Trinajstić information content (AvgIpc) is 3.90. The normalized spacial score (nSPS) is 15.3. The van der Waals surface area contributed by atoms with E-state index in [-0.39, 0.29) is 94.8 Å². The number of rotatable bonds is 33. The summed E-state index contributed by atoms with van der Waals surface area (Å²) in [7, 11) is 8.89. The number of nitrogens with zero attached hydrogens (tertiary/aromatic N) is 4. The maximum atomic E-state index is 14.0. The molecule has 26 heteroatoms. The number of amides is 9. The molecule has 24 nitrogen and oxygen atoms in total. The summed E-state index contributed by atoms with van der Waals surface area (Å²) in [4.78, 5) is 121. The topological polar surface area (TPSA) is 315 Å². The maximum Gasteiger partial charge on any atom is 0.243 e. The van der Waals surface area contributed by atoms with Crippen LogP contribution in [0.5, 0.6) is 0 Å². The first-order valence-electron chi connectivity index (χ1n) is 26.2. The van der Waals surface area contributed by atoms with Gasteiger partial charge in [-0.3, -0.25) is 43.2 Å². The Kier molecular flexibility index (Phi) is 41.8. The SMILES string of the molecule is CC(C)C(C)N(C)C.CCC.CCC(C)C(C(CC(=O)N1CCCC1C(OC)C(C)C(=O)NC(CN)Cc1ccc(NC(=O)CNC(=O)CNC(=O)CNC(=O)C[N-]OCNC(=O)CBr)cc1)OC)N(C)C(=O)CNC=O.[W]. The molecular formula is C52H92BrN12O12W-. The molecule has 0 aromatic heterocycles. The first-order chi connectivity index (χ1) is 36.5. The number of hydrogen-bond donors (Lipinski definition) is 8. The third-order valence-electron chi connectivity index (χ3n) is 12.9. The molecule has 1 aliphatic rings. The number of nitrogens with two attached hydrogens (primary N) is 1. The Balaban J connectivity index is 0. The van der Waals surface area contributed by atoms with Crippen LogP contribution >= 0.6 is 15.9 Å². The number of carbonyl (C=O) groups is 9. The molecule has 9 amide bonds. The number of nitrogens with one attached hydrogen (secondary N) is 7. The molecule has 9 N–H and O–H groups in total. The van der Waals surface area contributed by atoms with Crippen LogP contribution in [0, 0.1) is 17.8 Å². The van der Waals surface area contributed by atoms with Gasteiger partial charge in [0.05, 0.1) is 68.1 Å². The van der Waals surface area contributed by atoms with E-state index >= 15 is 0 Å². The second-order valence-electron chi connectivity index (χ2n) is 19.3. The molecule has 0 bridgehead atoms. The van der Waals surface area contributed by atoms with Crippen molar-refractivity contribution in [3.8, 4) is 0 Å². The Bertz CT molecular complexity index is 1930. The smallest absolute Gasteiger partial charge is 0.243 e. The second-order valence-corrected chi connectivity index (χ2v) is 19.9. The first kappa shape index (κ1) is 75.4. The van der Waals surface area contributed by atoms with Crippen molar-refractivity contribution in [2.45, 2.75) is 130 Å². The number of halogens is 1. The zero-order valence-electron chi connectivity index (χ0n) is 48.2. The van der Waals surface area contributed by atoms with Crippen LogP contribution in [0.25, 0.3) is 5.48 Å². The summed E-state index contributed by atoms with van der Waals surface area (Å²) in [5, 5.41) is 17.5. The fourth-order valence-corrected chi connectivity index (χ4v) is 8.14. The van der Waals surface area contributed by atoms with Gasteiger partial charge in [-0.15, -0.1) is 0 Å². The van der Waals surface area contributed by atoms with Gasteiger partial charge in [-0.2, -0.15) is 0 Å². The van der Waals surface area contributed by atoms with E-state index in [9.17, 15) is 43.2 Å². The number of benzene rings is 1. The van der Waals surface area contributed by atoms with Gasteiger partial charge in [-0.05, 0) is 76.4 Å². The fourth-order valence-electron chi connectivity index (χ4n) is 7.94. The van der Waals surface area contributed by atoms with Crippen molar-refractivity contribution in [3.63, 3.8) is 0 Å². The Morgan fingerprint density at radius 1 is 0.833 bits per heavy atom. The molecular weight excluding hydrogens is 1250 g/mol. The molecule has 1 saturated heterocycles. The minimum atomic E-state index is -0.662. The Morgan fingerprint density at radius 2 is 1.41 bits per heavy atom. The standard InChI is InChI=1S/C42H67BrN11O12.C7H17N.C3H8.W/c1-7-26(2)40(53(4)39(62)23-45-24-55)32(64-5)16-38(61)54-14-8-9-31(54)41(65-6)27(3)42(63)52-30(18-44)15-28-10-12-29(13-11-28)51-37(60)21-48-35(58)19-46-34(57)20-47-36(59)22-50-66-25-49-33(56)17-43;1-6(2)7(3)8(4)5;1-3-2;/h10-13,24,26-27,30-32,40-41H,7-9,14-23,25,44H2,1-6H3,(H,45,55)(H,46,57)(H,47,59)(H,48,58)(H,49,56)(H,51,60)(H,52,63);6-7H,1-5H3;3H2,1-2H3;/q-1;;;. The van der Waals surface area contributed by atoms with E-state index in [1.807, 2.05) is 13.8 Å². The largest absolute Gasteiger partial charge is 0.525 e. The van der Waals surface area contributed by atoms with E-state index < -0.39 is 73.5 Å². The molecule has 8 unspecified atom stereocenters. The molecule has 2 rings (SSSR count). The summed E-state index contributed by atoms with van der Waals surface area (Å²) in [5.41, 5.74) is 10.8. The molecule has 0 aliphatic carbocycles. The van der Waals surface area contributed by atoms with E-state index in [1.165, 1.54) is 25.5 Å². The van der Waals surface area contributed by atoms with E-state index in [1.54, 1.807) is 43.1 Å². The molecule has 8 atom stereocenters. The van der Waals surface area contributed by atoms with Crippen LogP contribution < -0.4 is 43.0 Å². The monoisotopic (exact) mass is 1340 g/mol. The predicted octanol–water partition coefficient (Wildman–Crippen LogP) is 1.41. The number of likely N-dealkylation sites (tertiary alicyclic amines) is 1. The summed E-state index contributed by atoms with van der Waals surface area (Å²) in [5.74, 6) is -3.48. The van der Waals surface area contributed by atoms with Gasteiger partial charge < -0.3 is 77.4 Å². The number of carbonyl (C=O) groups excluding carboxylic acids is 9. The molecule has 0 radical (unpaired) electrons. The maximum absolute atomic E-state index is 14.0. The van der Waals surface area contributed by atoms with Crippen molar-refractivity contribution in [1.29, 1.82) is 0 Å². The number of hydrogen-bond acceptors (Lipinski definition) is 14. The summed E-state index contributed by atoms with van der Waals surface area (Å²) in [6, 6.07) is 6.28. The molecule has 1 aromatic rings. The van der Waals surface area contributed by atoms with Crippen LogP contribution in [0.1, 0.15) is 93.1 Å². The third kappa shape index (κ3) is 30.1. The van der Waals surface area contributed by atoms with Gasteiger partial charge >= 0.3 is 0 Å². The Morgan fingerprint density at radius 3 is 1.90 bits per heavy atom. The van der Waals surface area contributed by atoms with Crippen molar-refractivity contribution in [1.82, 2.24) is 46.6 Å². The molecule has 1 aliphatic heterocycles. The van der Waals surface area contributed by atoms with Crippen molar-refractivity contribution < 1.29 is 78.5 Å². The Labute approximate surface area is 485 Å². The van der Waals surface area contributed by atoms with Crippen LogP contribution in [-0.2, 0) is 84.9 Å².